The van der Waals surface area contributed by atoms with Crippen molar-refractivity contribution in [1.29, 1.82) is 0 Å². The predicted octanol–water partition coefficient (Wildman–Crippen LogP) is 3.60. The third-order valence-electron chi connectivity index (χ3n) is 3.32. The lowest BCUT2D eigenvalue weighted by Gasteiger charge is -2.11. The van der Waals surface area contributed by atoms with E-state index in [1.807, 2.05) is 19.1 Å². The Kier molecular flexibility index (Phi) is 3.95. The highest BCUT2D eigenvalue weighted by atomic mass is 35.5. The lowest BCUT2D eigenvalue weighted by Crippen LogP contribution is -2.09. The van der Waals surface area contributed by atoms with Crippen molar-refractivity contribution >= 4 is 55.6 Å². The Morgan fingerprint density at radius 3 is 2.70 bits per heavy atom. The third-order valence-corrected chi connectivity index (χ3v) is 4.78. The molecule has 0 unspecified atom stereocenters. The molecular weight excluding hydrogens is 359 g/mol. The molecule has 23 heavy (non-hydrogen) atoms. The Morgan fingerprint density at radius 2 is 2.00 bits per heavy atom. The van der Waals surface area contributed by atoms with Gasteiger partial charge in [-0.1, -0.05) is 23.7 Å². The molecule has 0 aliphatic carbocycles. The van der Waals surface area contributed by atoms with Gasteiger partial charge in [0.15, 0.2) is 5.82 Å². The van der Waals surface area contributed by atoms with Gasteiger partial charge in [-0.25, -0.2) is 17.4 Å². The van der Waals surface area contributed by atoms with E-state index in [0.717, 1.165) is 17.2 Å². The molecule has 0 amide bonds. The number of fused-ring (bicyclic) bond motifs is 1. The van der Waals surface area contributed by atoms with Crippen LogP contribution in [-0.4, -0.2) is 28.6 Å². The first-order valence-corrected chi connectivity index (χ1v) is 9.14. The molecule has 0 bridgehead atoms. The van der Waals surface area contributed by atoms with Gasteiger partial charge in [0.2, 0.25) is 15.3 Å². The van der Waals surface area contributed by atoms with Gasteiger partial charge in [0.1, 0.15) is 5.02 Å². The van der Waals surface area contributed by atoms with E-state index in [0.29, 0.717) is 17.0 Å². The first-order chi connectivity index (χ1) is 10.8. The molecule has 0 saturated carbocycles. The van der Waals surface area contributed by atoms with Gasteiger partial charge in [0.05, 0.1) is 23.7 Å². The number of benzene rings is 1. The lowest BCUT2D eigenvalue weighted by molar-refractivity contribution is 0.595. The van der Waals surface area contributed by atoms with Crippen molar-refractivity contribution in [2.24, 2.45) is 0 Å². The molecule has 2 aromatic heterocycles. The van der Waals surface area contributed by atoms with Crippen LogP contribution in [0.2, 0.25) is 10.3 Å². The highest BCUT2D eigenvalue weighted by Crippen LogP contribution is 2.32. The molecule has 3 rings (SSSR count). The molecule has 6 nitrogen and oxygen atoms in total. The van der Waals surface area contributed by atoms with Crippen LogP contribution < -0.4 is 5.32 Å². The predicted molar refractivity (Wildman–Crippen MR) is 92.3 cm³/mol. The summed E-state index contributed by atoms with van der Waals surface area (Å²) < 4.78 is 25.3. The number of nitrogens with one attached hydrogen (secondary N) is 1. The fraction of sp³-hybridized carbons (Fsp3) is 0.143. The summed E-state index contributed by atoms with van der Waals surface area (Å²) in [7, 11) is -3.46. The van der Waals surface area contributed by atoms with E-state index in [-0.39, 0.29) is 10.3 Å². The first kappa shape index (κ1) is 16.0. The van der Waals surface area contributed by atoms with E-state index in [1.54, 1.807) is 12.3 Å². The smallest absolute Gasteiger partial charge is 0.236 e. The number of hydrogen-bond acceptors (Lipinski definition) is 5. The molecule has 0 aliphatic rings. The Bertz CT molecular complexity index is 1020. The standard InChI is InChI=1S/C14H12Cl2N4O2S/c1-8-7-20(23(2,21)22)12-9(8)4-3-5-11(12)18-13-10(15)6-17-14(16)19-13/h3-7H,1-2H3,(H,17,18,19). The topological polar surface area (TPSA) is 76.9 Å². The zero-order chi connectivity index (χ0) is 16.8. The number of anilines is 2. The highest BCUT2D eigenvalue weighted by molar-refractivity contribution is 7.89. The van der Waals surface area contributed by atoms with E-state index in [1.165, 1.54) is 10.2 Å². The summed E-state index contributed by atoms with van der Waals surface area (Å²) in [5.74, 6) is 0.304. The zero-order valence-corrected chi connectivity index (χ0v) is 14.5. The second-order valence-electron chi connectivity index (χ2n) is 5.03. The quantitative estimate of drug-likeness (QED) is 0.712. The van der Waals surface area contributed by atoms with Crippen LogP contribution in [0.1, 0.15) is 5.56 Å². The van der Waals surface area contributed by atoms with Crippen LogP contribution in [0.5, 0.6) is 0 Å². The van der Waals surface area contributed by atoms with Crippen molar-refractivity contribution < 1.29 is 8.42 Å². The summed E-state index contributed by atoms with van der Waals surface area (Å²) in [4.78, 5) is 7.81. The van der Waals surface area contributed by atoms with Gasteiger partial charge in [-0.2, -0.15) is 4.98 Å². The average molecular weight is 371 g/mol. The van der Waals surface area contributed by atoms with Gasteiger partial charge in [-0.3, -0.25) is 0 Å². The first-order valence-electron chi connectivity index (χ1n) is 6.53. The number of aromatic nitrogens is 3. The van der Waals surface area contributed by atoms with E-state index in [2.05, 4.69) is 15.3 Å². The summed E-state index contributed by atoms with van der Waals surface area (Å²) in [6.07, 6.45) is 4.11. The molecule has 0 atom stereocenters. The zero-order valence-electron chi connectivity index (χ0n) is 12.2. The minimum atomic E-state index is -3.46. The van der Waals surface area contributed by atoms with E-state index < -0.39 is 10.0 Å². The molecule has 1 N–H and O–H groups in total. The van der Waals surface area contributed by atoms with E-state index >= 15 is 0 Å². The van der Waals surface area contributed by atoms with Crippen LogP contribution in [0.3, 0.4) is 0 Å². The molecule has 120 valence electrons. The number of nitrogens with zero attached hydrogens (tertiary/aromatic N) is 3. The van der Waals surface area contributed by atoms with Gasteiger partial charge in [0, 0.05) is 11.6 Å². The second-order valence-corrected chi connectivity index (χ2v) is 7.64. The number of aryl methyl sites for hydroxylation is 1. The molecule has 0 radical (unpaired) electrons. The van der Waals surface area contributed by atoms with Crippen molar-refractivity contribution in [2.45, 2.75) is 6.92 Å². The lowest BCUT2D eigenvalue weighted by atomic mass is 10.2. The van der Waals surface area contributed by atoms with Gasteiger partial charge in [0.25, 0.3) is 0 Å². The fourth-order valence-corrected chi connectivity index (χ4v) is 3.48. The van der Waals surface area contributed by atoms with Crippen LogP contribution in [0.4, 0.5) is 11.5 Å². The van der Waals surface area contributed by atoms with Crippen LogP contribution >= 0.6 is 23.2 Å². The molecule has 1 aromatic carbocycles. The van der Waals surface area contributed by atoms with Gasteiger partial charge >= 0.3 is 0 Å². The number of hydrogen-bond donors (Lipinski definition) is 1. The van der Waals surface area contributed by atoms with Crippen LogP contribution in [0.15, 0.2) is 30.6 Å². The molecule has 0 saturated heterocycles. The van der Waals surface area contributed by atoms with Crippen LogP contribution in [0.25, 0.3) is 10.9 Å². The SMILES string of the molecule is Cc1cn(S(C)(=O)=O)c2c(Nc3nc(Cl)ncc3Cl)cccc12. The van der Waals surface area contributed by atoms with E-state index in [4.69, 9.17) is 23.2 Å². The van der Waals surface area contributed by atoms with Crippen molar-refractivity contribution in [3.05, 3.63) is 46.5 Å². The van der Waals surface area contributed by atoms with Crippen molar-refractivity contribution in [3.8, 4) is 0 Å². The largest absolute Gasteiger partial charge is 0.337 e. The minimum Gasteiger partial charge on any atom is -0.337 e. The highest BCUT2D eigenvalue weighted by Gasteiger charge is 2.17. The number of rotatable bonds is 3. The van der Waals surface area contributed by atoms with Crippen molar-refractivity contribution in [3.63, 3.8) is 0 Å². The average Bonchev–Trinajstić information content (AvgIpc) is 2.82. The van der Waals surface area contributed by atoms with E-state index in [9.17, 15) is 8.42 Å². The summed E-state index contributed by atoms with van der Waals surface area (Å²) >= 11 is 11.8. The summed E-state index contributed by atoms with van der Waals surface area (Å²) in [5, 5.41) is 4.16. The second kappa shape index (κ2) is 5.67. The maximum absolute atomic E-state index is 12.0. The van der Waals surface area contributed by atoms with Crippen molar-refractivity contribution in [1.82, 2.24) is 13.9 Å². The molecule has 9 heteroatoms. The summed E-state index contributed by atoms with van der Waals surface area (Å²) in [5.41, 5.74) is 1.93. The summed E-state index contributed by atoms with van der Waals surface area (Å²) in [6.45, 7) is 1.85. The maximum Gasteiger partial charge on any atom is 0.236 e. The minimum absolute atomic E-state index is 0.0405. The van der Waals surface area contributed by atoms with Crippen molar-refractivity contribution in [2.75, 3.05) is 11.6 Å². The molecular formula is C14H12Cl2N4O2S. The maximum atomic E-state index is 12.0. The third kappa shape index (κ3) is 2.99. The molecule has 2 heterocycles. The van der Waals surface area contributed by atoms with Crippen LogP contribution in [-0.2, 0) is 10.0 Å². The fourth-order valence-electron chi connectivity index (χ4n) is 2.33. The molecule has 0 fully saturated rings. The monoisotopic (exact) mass is 370 g/mol. The molecule has 0 spiro atoms. The molecule has 0 aliphatic heterocycles. The van der Waals surface area contributed by atoms with Gasteiger partial charge in [-0.15, -0.1) is 0 Å². The molecule has 3 aromatic rings. The Balaban J connectivity index is 2.24. The Hall–Kier alpha value is -1.83. The number of halogens is 2. The normalized spacial score (nSPS) is 11.8. The van der Waals surface area contributed by atoms with Gasteiger partial charge in [-0.05, 0) is 30.2 Å². The summed E-state index contributed by atoms with van der Waals surface area (Å²) in [6, 6.07) is 5.42. The number of para-hydroxylation sites is 1. The Morgan fingerprint density at radius 1 is 1.26 bits per heavy atom. The Labute approximate surface area is 143 Å². The van der Waals surface area contributed by atoms with Crippen LogP contribution in [0, 0.1) is 6.92 Å². The van der Waals surface area contributed by atoms with Gasteiger partial charge < -0.3 is 5.32 Å².